The predicted molar refractivity (Wildman–Crippen MR) is 96.5 cm³/mol. The molecule has 1 aliphatic rings. The summed E-state index contributed by atoms with van der Waals surface area (Å²) in [5, 5.41) is 21.0. The van der Waals surface area contributed by atoms with Gasteiger partial charge in [-0.05, 0) is 35.7 Å². The summed E-state index contributed by atoms with van der Waals surface area (Å²) < 4.78 is 15.5. The van der Waals surface area contributed by atoms with Crippen LogP contribution in [0.5, 0.6) is 11.5 Å². The first kappa shape index (κ1) is 18.8. The number of phenols is 1. The molecule has 3 rings (SSSR count). The van der Waals surface area contributed by atoms with E-state index in [0.717, 1.165) is 17.5 Å². The molecule has 1 aromatic heterocycles. The normalized spacial score (nSPS) is 16.3. The van der Waals surface area contributed by atoms with E-state index in [0.29, 0.717) is 24.6 Å². The van der Waals surface area contributed by atoms with E-state index < -0.39 is 4.92 Å². The Morgan fingerprint density at radius 3 is 2.89 bits per heavy atom. The molecule has 0 aliphatic carbocycles. The van der Waals surface area contributed by atoms with Gasteiger partial charge in [0.15, 0.2) is 11.5 Å². The van der Waals surface area contributed by atoms with Gasteiger partial charge in [-0.1, -0.05) is 11.8 Å². The van der Waals surface area contributed by atoms with E-state index in [1.165, 1.54) is 13.2 Å². The van der Waals surface area contributed by atoms with Crippen molar-refractivity contribution < 1.29 is 23.9 Å². The Kier molecular flexibility index (Phi) is 5.64. The molecule has 0 amide bonds. The van der Waals surface area contributed by atoms with Crippen LogP contribution in [0.15, 0.2) is 28.7 Å². The monoisotopic (exact) mass is 372 g/mol. The molecule has 2 heterocycles. The Balaban J connectivity index is 1.92. The molecule has 0 saturated heterocycles. The first-order valence-corrected chi connectivity index (χ1v) is 8.37. The quantitative estimate of drug-likeness (QED) is 0.489. The summed E-state index contributed by atoms with van der Waals surface area (Å²) in [5.41, 5.74) is 1.92. The Bertz CT molecular complexity index is 895. The van der Waals surface area contributed by atoms with E-state index in [9.17, 15) is 15.2 Å². The highest BCUT2D eigenvalue weighted by Crippen LogP contribution is 2.38. The van der Waals surface area contributed by atoms with E-state index in [2.05, 4.69) is 16.7 Å². The summed E-state index contributed by atoms with van der Waals surface area (Å²) in [6, 6.07) is 6.13. The Morgan fingerprint density at radius 2 is 2.22 bits per heavy atom. The number of rotatable bonds is 5. The fraction of sp³-hybridized carbons (Fsp3) is 0.368. The van der Waals surface area contributed by atoms with Crippen LogP contribution < -0.4 is 4.74 Å². The van der Waals surface area contributed by atoms with Gasteiger partial charge in [0.1, 0.15) is 17.3 Å². The van der Waals surface area contributed by atoms with Crippen LogP contribution in [0.3, 0.4) is 0 Å². The average Bonchev–Trinajstić information content (AvgIpc) is 3.12. The van der Waals surface area contributed by atoms with Gasteiger partial charge in [0, 0.05) is 13.7 Å². The SMILES string of the molecule is COCC#CC1c2cc(O)c(OC)cc2CCN1Cc1ccc([N+](=O)[O-])o1. The molecule has 1 aromatic carbocycles. The van der Waals surface area contributed by atoms with Crippen LogP contribution in [0.2, 0.25) is 0 Å². The molecule has 0 spiro atoms. The summed E-state index contributed by atoms with van der Waals surface area (Å²) >= 11 is 0. The Hall–Kier alpha value is -3.02. The number of methoxy groups -OCH3 is 2. The molecule has 1 aliphatic heterocycles. The maximum absolute atomic E-state index is 10.8. The number of furan rings is 1. The van der Waals surface area contributed by atoms with E-state index in [1.54, 1.807) is 19.2 Å². The molecule has 1 N–H and O–H groups in total. The third-order valence-electron chi connectivity index (χ3n) is 4.41. The number of nitro groups is 1. The first-order valence-electron chi connectivity index (χ1n) is 8.37. The summed E-state index contributed by atoms with van der Waals surface area (Å²) in [5.74, 6) is 6.81. The fourth-order valence-corrected chi connectivity index (χ4v) is 3.15. The third-order valence-corrected chi connectivity index (χ3v) is 4.41. The van der Waals surface area contributed by atoms with Gasteiger partial charge >= 0.3 is 5.88 Å². The minimum absolute atomic E-state index is 0.0466. The third kappa shape index (κ3) is 4.05. The van der Waals surface area contributed by atoms with Crippen LogP contribution in [-0.4, -0.2) is 42.3 Å². The topological polar surface area (TPSA) is 98.2 Å². The minimum Gasteiger partial charge on any atom is -0.504 e. The van der Waals surface area contributed by atoms with Gasteiger partial charge in [-0.2, -0.15) is 0 Å². The lowest BCUT2D eigenvalue weighted by Crippen LogP contribution is -2.34. The zero-order valence-electron chi connectivity index (χ0n) is 15.1. The summed E-state index contributed by atoms with van der Waals surface area (Å²) in [6.45, 7) is 1.34. The van der Waals surface area contributed by atoms with Crippen LogP contribution in [0.25, 0.3) is 0 Å². The zero-order valence-corrected chi connectivity index (χ0v) is 15.1. The second-order valence-electron chi connectivity index (χ2n) is 6.10. The predicted octanol–water partition coefficient (Wildman–Crippen LogP) is 2.65. The summed E-state index contributed by atoms with van der Waals surface area (Å²) in [7, 11) is 3.08. The van der Waals surface area contributed by atoms with Crippen molar-refractivity contribution in [3.05, 3.63) is 51.3 Å². The average molecular weight is 372 g/mol. The van der Waals surface area contributed by atoms with Crippen LogP contribution in [0.1, 0.15) is 22.9 Å². The Morgan fingerprint density at radius 1 is 1.41 bits per heavy atom. The lowest BCUT2D eigenvalue weighted by atomic mass is 9.92. The molecular weight excluding hydrogens is 352 g/mol. The number of fused-ring (bicyclic) bond motifs is 1. The molecule has 2 aromatic rings. The largest absolute Gasteiger partial charge is 0.504 e. The van der Waals surface area contributed by atoms with Crippen LogP contribution >= 0.6 is 0 Å². The highest BCUT2D eigenvalue weighted by molar-refractivity contribution is 5.50. The second-order valence-corrected chi connectivity index (χ2v) is 6.10. The highest BCUT2D eigenvalue weighted by Gasteiger charge is 2.29. The maximum atomic E-state index is 10.8. The number of aromatic hydroxyl groups is 1. The van der Waals surface area contributed by atoms with E-state index in [-0.39, 0.29) is 24.3 Å². The number of nitrogens with zero attached hydrogens (tertiary/aromatic N) is 2. The first-order chi connectivity index (χ1) is 13.0. The highest BCUT2D eigenvalue weighted by atomic mass is 16.6. The van der Waals surface area contributed by atoms with Gasteiger partial charge in [0.2, 0.25) is 0 Å². The van der Waals surface area contributed by atoms with E-state index >= 15 is 0 Å². The number of hydrogen-bond donors (Lipinski definition) is 1. The lowest BCUT2D eigenvalue weighted by Gasteiger charge is -2.34. The zero-order chi connectivity index (χ0) is 19.4. The summed E-state index contributed by atoms with van der Waals surface area (Å²) in [4.78, 5) is 12.3. The molecule has 27 heavy (non-hydrogen) atoms. The molecular formula is C19H20N2O6. The van der Waals surface area contributed by atoms with Crippen molar-refractivity contribution in [1.82, 2.24) is 4.90 Å². The van der Waals surface area contributed by atoms with Gasteiger partial charge in [-0.3, -0.25) is 15.0 Å². The Labute approximate surface area is 156 Å². The van der Waals surface area contributed by atoms with Gasteiger partial charge in [-0.15, -0.1) is 0 Å². The van der Waals surface area contributed by atoms with Crippen molar-refractivity contribution in [2.45, 2.75) is 19.0 Å². The van der Waals surface area contributed by atoms with Gasteiger partial charge in [0.25, 0.3) is 0 Å². The standard InChI is InChI=1S/C19H20N2O6/c1-25-9-3-4-16-15-11-17(22)18(26-2)10-13(15)7-8-20(16)12-14-5-6-19(27-14)21(23)24/h5-6,10-11,16,22H,7-9,12H2,1-2H3. The van der Waals surface area contributed by atoms with Crippen molar-refractivity contribution in [3.63, 3.8) is 0 Å². The number of benzene rings is 1. The molecule has 0 bridgehead atoms. The van der Waals surface area contributed by atoms with Crippen molar-refractivity contribution in [2.75, 3.05) is 27.4 Å². The smallest absolute Gasteiger partial charge is 0.433 e. The molecule has 142 valence electrons. The number of hydrogen-bond acceptors (Lipinski definition) is 7. The minimum atomic E-state index is -0.560. The molecule has 8 nitrogen and oxygen atoms in total. The van der Waals surface area contributed by atoms with Crippen molar-refractivity contribution in [3.8, 4) is 23.3 Å². The van der Waals surface area contributed by atoms with Crippen LogP contribution in [0, 0.1) is 22.0 Å². The number of phenolic OH excluding ortho intramolecular Hbond substituents is 1. The molecule has 8 heteroatoms. The van der Waals surface area contributed by atoms with E-state index in [1.807, 2.05) is 6.07 Å². The number of ether oxygens (including phenoxy) is 2. The fourth-order valence-electron chi connectivity index (χ4n) is 3.15. The van der Waals surface area contributed by atoms with Crippen molar-refractivity contribution in [1.29, 1.82) is 0 Å². The molecule has 0 saturated carbocycles. The van der Waals surface area contributed by atoms with Gasteiger partial charge in [-0.25, -0.2) is 0 Å². The molecule has 1 unspecified atom stereocenters. The maximum Gasteiger partial charge on any atom is 0.433 e. The van der Waals surface area contributed by atoms with E-state index in [4.69, 9.17) is 13.9 Å². The van der Waals surface area contributed by atoms with Crippen LogP contribution in [-0.2, 0) is 17.7 Å². The molecule has 0 radical (unpaired) electrons. The molecule has 1 atom stereocenters. The van der Waals surface area contributed by atoms with Crippen LogP contribution in [0.4, 0.5) is 5.88 Å². The van der Waals surface area contributed by atoms with Gasteiger partial charge in [0.05, 0.1) is 25.8 Å². The molecule has 0 fully saturated rings. The van der Waals surface area contributed by atoms with Crippen molar-refractivity contribution >= 4 is 5.88 Å². The summed E-state index contributed by atoms with van der Waals surface area (Å²) in [6.07, 6.45) is 0.733. The second kappa shape index (κ2) is 8.12. The lowest BCUT2D eigenvalue weighted by molar-refractivity contribution is -0.402. The van der Waals surface area contributed by atoms with Crippen molar-refractivity contribution in [2.24, 2.45) is 0 Å². The van der Waals surface area contributed by atoms with Gasteiger partial charge < -0.3 is 19.0 Å².